The van der Waals surface area contributed by atoms with Crippen molar-refractivity contribution in [3.63, 3.8) is 0 Å². The van der Waals surface area contributed by atoms with Gasteiger partial charge in [-0.1, -0.05) is 0 Å². The van der Waals surface area contributed by atoms with Crippen molar-refractivity contribution >= 4 is 0 Å². The van der Waals surface area contributed by atoms with Gasteiger partial charge in [-0.15, -0.1) is 0 Å². The minimum atomic E-state index is 0.203. The summed E-state index contributed by atoms with van der Waals surface area (Å²) >= 11 is 0. The number of nitrogens with one attached hydrogen (secondary N) is 1. The Balaban J connectivity index is 1.95. The smallest absolute Gasteiger partial charge is 0.119 e. The van der Waals surface area contributed by atoms with Crippen LogP contribution in [0.4, 0.5) is 0 Å². The number of benzene rings is 1. The highest BCUT2D eigenvalue weighted by atomic mass is 16.5. The highest BCUT2D eigenvalue weighted by molar-refractivity contribution is 5.41. The predicted molar refractivity (Wildman–Crippen MR) is 79.5 cm³/mol. The molecule has 0 spiro atoms. The Morgan fingerprint density at radius 2 is 2.00 bits per heavy atom. The van der Waals surface area contributed by atoms with Gasteiger partial charge in [-0.05, 0) is 45.0 Å². The largest absolute Gasteiger partial charge is 0.491 e. The van der Waals surface area contributed by atoms with Crippen molar-refractivity contribution in [1.82, 2.24) is 14.9 Å². The molecule has 0 saturated heterocycles. The fourth-order valence-corrected chi connectivity index (χ4v) is 2.73. The molecular formula is C16H21N3O. The van der Waals surface area contributed by atoms with Crippen molar-refractivity contribution in [1.29, 1.82) is 0 Å². The average Bonchev–Trinajstić information content (AvgIpc) is 2.75. The third kappa shape index (κ3) is 2.43. The predicted octanol–water partition coefficient (Wildman–Crippen LogP) is 2.61. The second-order valence-corrected chi connectivity index (χ2v) is 5.48. The molecule has 1 N–H and O–H groups in total. The molecule has 0 atom stereocenters. The van der Waals surface area contributed by atoms with E-state index in [1.165, 1.54) is 11.4 Å². The molecule has 1 aromatic heterocycles. The number of fused-ring (bicyclic) bond motifs is 1. The fourth-order valence-electron chi connectivity index (χ4n) is 2.73. The topological polar surface area (TPSA) is 39.1 Å². The Morgan fingerprint density at radius 1 is 1.25 bits per heavy atom. The number of aromatic nitrogens is 2. The molecule has 0 bridgehead atoms. The zero-order chi connectivity index (χ0) is 14.1. The summed E-state index contributed by atoms with van der Waals surface area (Å²) in [5.74, 6) is 1.97. The Bertz CT molecular complexity index is 599. The van der Waals surface area contributed by atoms with Gasteiger partial charge in [0.25, 0.3) is 0 Å². The molecule has 0 amide bonds. The Morgan fingerprint density at radius 3 is 2.70 bits per heavy atom. The number of aryl methyl sites for hydroxylation is 1. The molecule has 2 aromatic rings. The minimum Gasteiger partial charge on any atom is -0.491 e. The number of imidazole rings is 1. The monoisotopic (exact) mass is 271 g/mol. The van der Waals surface area contributed by atoms with Crippen molar-refractivity contribution in [2.75, 3.05) is 6.54 Å². The molecule has 2 heterocycles. The van der Waals surface area contributed by atoms with Gasteiger partial charge in [0.2, 0.25) is 0 Å². The first-order chi connectivity index (χ1) is 9.65. The third-order valence-electron chi connectivity index (χ3n) is 3.52. The maximum Gasteiger partial charge on any atom is 0.119 e. The molecule has 0 unspecified atom stereocenters. The van der Waals surface area contributed by atoms with Gasteiger partial charge >= 0.3 is 0 Å². The highest BCUT2D eigenvalue weighted by Crippen LogP contribution is 2.23. The van der Waals surface area contributed by atoms with E-state index < -0.39 is 0 Å². The fraction of sp³-hybridized carbons (Fsp3) is 0.438. The van der Waals surface area contributed by atoms with Crippen LogP contribution in [0.15, 0.2) is 24.3 Å². The lowest BCUT2D eigenvalue weighted by atomic mass is 10.1. The van der Waals surface area contributed by atoms with E-state index in [4.69, 9.17) is 4.74 Å². The summed E-state index contributed by atoms with van der Waals surface area (Å²) in [6.45, 7) is 8.04. The first-order valence-electron chi connectivity index (χ1n) is 7.20. The van der Waals surface area contributed by atoms with Gasteiger partial charge in [0.1, 0.15) is 11.6 Å². The maximum atomic E-state index is 5.69. The van der Waals surface area contributed by atoms with Crippen LogP contribution >= 0.6 is 0 Å². The van der Waals surface area contributed by atoms with E-state index in [0.717, 1.165) is 36.8 Å². The van der Waals surface area contributed by atoms with E-state index in [-0.39, 0.29) is 6.10 Å². The second kappa shape index (κ2) is 5.29. The Hall–Kier alpha value is -1.81. The third-order valence-corrected chi connectivity index (χ3v) is 3.52. The summed E-state index contributed by atoms with van der Waals surface area (Å²) < 4.78 is 7.95. The molecule has 106 valence electrons. The molecule has 0 radical (unpaired) electrons. The van der Waals surface area contributed by atoms with Crippen molar-refractivity contribution in [3.05, 3.63) is 41.5 Å². The zero-order valence-electron chi connectivity index (χ0n) is 12.3. The van der Waals surface area contributed by atoms with Crippen molar-refractivity contribution in [3.8, 4) is 11.4 Å². The van der Waals surface area contributed by atoms with Crippen LogP contribution in [0, 0.1) is 6.92 Å². The molecule has 0 aliphatic carbocycles. The van der Waals surface area contributed by atoms with Gasteiger partial charge in [-0.25, -0.2) is 4.98 Å². The molecule has 1 aliphatic rings. The van der Waals surface area contributed by atoms with Gasteiger partial charge in [0.15, 0.2) is 0 Å². The van der Waals surface area contributed by atoms with Crippen LogP contribution < -0.4 is 10.1 Å². The number of rotatable bonds is 3. The average molecular weight is 271 g/mol. The summed E-state index contributed by atoms with van der Waals surface area (Å²) in [5.41, 5.74) is 3.67. The van der Waals surface area contributed by atoms with Crippen LogP contribution in [-0.4, -0.2) is 22.2 Å². The summed E-state index contributed by atoms with van der Waals surface area (Å²) in [5, 5.41) is 3.37. The Labute approximate surface area is 119 Å². The lowest BCUT2D eigenvalue weighted by Gasteiger charge is -2.16. The van der Waals surface area contributed by atoms with Crippen LogP contribution in [0.25, 0.3) is 5.69 Å². The SMILES string of the molecule is Cc1nc2c(n1-c1ccc(OC(C)C)cc1)CCNC2. The van der Waals surface area contributed by atoms with E-state index in [1.54, 1.807) is 0 Å². The van der Waals surface area contributed by atoms with E-state index in [0.29, 0.717) is 0 Å². The van der Waals surface area contributed by atoms with Gasteiger partial charge < -0.3 is 14.6 Å². The van der Waals surface area contributed by atoms with Crippen LogP contribution in [0.1, 0.15) is 31.1 Å². The van der Waals surface area contributed by atoms with Gasteiger partial charge in [-0.2, -0.15) is 0 Å². The quantitative estimate of drug-likeness (QED) is 0.932. The van der Waals surface area contributed by atoms with Crippen LogP contribution in [0.2, 0.25) is 0 Å². The lowest BCUT2D eigenvalue weighted by Crippen LogP contribution is -2.24. The lowest BCUT2D eigenvalue weighted by molar-refractivity contribution is 0.242. The minimum absolute atomic E-state index is 0.203. The molecule has 0 fully saturated rings. The zero-order valence-corrected chi connectivity index (χ0v) is 12.3. The van der Waals surface area contributed by atoms with Gasteiger partial charge in [0.05, 0.1) is 11.8 Å². The van der Waals surface area contributed by atoms with Crippen LogP contribution in [-0.2, 0) is 13.0 Å². The number of ether oxygens (including phenoxy) is 1. The van der Waals surface area contributed by atoms with Crippen molar-refractivity contribution in [2.45, 2.75) is 39.8 Å². The molecule has 20 heavy (non-hydrogen) atoms. The summed E-state index contributed by atoms with van der Waals surface area (Å²) in [4.78, 5) is 4.67. The van der Waals surface area contributed by atoms with E-state index in [9.17, 15) is 0 Å². The molecule has 3 rings (SSSR count). The Kier molecular flexibility index (Phi) is 3.49. The van der Waals surface area contributed by atoms with E-state index >= 15 is 0 Å². The van der Waals surface area contributed by atoms with E-state index in [2.05, 4.69) is 33.9 Å². The second-order valence-electron chi connectivity index (χ2n) is 5.48. The molecule has 0 saturated carbocycles. The first kappa shape index (κ1) is 13.2. The first-order valence-corrected chi connectivity index (χ1v) is 7.20. The summed E-state index contributed by atoms with van der Waals surface area (Å²) in [6, 6.07) is 8.27. The van der Waals surface area contributed by atoms with Crippen LogP contribution in [0.5, 0.6) is 5.75 Å². The van der Waals surface area contributed by atoms with Crippen molar-refractivity contribution in [2.24, 2.45) is 0 Å². The molecular weight excluding hydrogens is 250 g/mol. The molecule has 4 nitrogen and oxygen atoms in total. The maximum absolute atomic E-state index is 5.69. The van der Waals surface area contributed by atoms with Gasteiger partial charge in [0, 0.05) is 30.9 Å². The number of hydrogen-bond acceptors (Lipinski definition) is 3. The number of nitrogens with zero attached hydrogens (tertiary/aromatic N) is 2. The summed E-state index contributed by atoms with van der Waals surface area (Å²) in [6.07, 6.45) is 1.23. The normalized spacial score (nSPS) is 14.4. The molecule has 1 aliphatic heterocycles. The van der Waals surface area contributed by atoms with Gasteiger partial charge in [-0.3, -0.25) is 0 Å². The molecule has 4 heteroatoms. The molecule has 1 aromatic carbocycles. The highest BCUT2D eigenvalue weighted by Gasteiger charge is 2.18. The summed E-state index contributed by atoms with van der Waals surface area (Å²) in [7, 11) is 0. The van der Waals surface area contributed by atoms with Crippen LogP contribution in [0.3, 0.4) is 0 Å². The van der Waals surface area contributed by atoms with Crippen molar-refractivity contribution < 1.29 is 4.74 Å². The number of hydrogen-bond donors (Lipinski definition) is 1. The standard InChI is InChI=1S/C16H21N3O/c1-11(2)20-14-6-4-13(5-7-14)19-12(3)18-15-10-17-9-8-16(15)19/h4-7,11,17H,8-10H2,1-3H3. The van der Waals surface area contributed by atoms with E-state index in [1.807, 2.05) is 26.0 Å².